The van der Waals surface area contributed by atoms with Gasteiger partial charge in [-0.3, -0.25) is 0 Å². The van der Waals surface area contributed by atoms with Crippen LogP contribution in [-0.2, 0) is 11.8 Å². The van der Waals surface area contributed by atoms with E-state index >= 15 is 0 Å². The van der Waals surface area contributed by atoms with E-state index in [0.29, 0.717) is 6.54 Å². The minimum absolute atomic E-state index is 0.129. The molecule has 0 spiro atoms. The highest BCUT2D eigenvalue weighted by molar-refractivity contribution is 5.85. The van der Waals surface area contributed by atoms with Crippen LogP contribution in [0.2, 0.25) is 0 Å². The standard InChI is InChI=1S/C20H26N2O2/c1-14-12-17(9-11-22(14)19(23)24-20(2,3)4)16-7-6-15-8-10-21(5)18(15)13-16/h6-10,13-14H,11-12H2,1-5H3/t14-/m0/s1. The number of fused-ring (bicyclic) bond motifs is 1. The molecule has 0 fully saturated rings. The first kappa shape index (κ1) is 16.6. The summed E-state index contributed by atoms with van der Waals surface area (Å²) in [5.74, 6) is 0. The first-order chi connectivity index (χ1) is 11.2. The van der Waals surface area contributed by atoms with Crippen molar-refractivity contribution in [3.8, 4) is 0 Å². The summed E-state index contributed by atoms with van der Waals surface area (Å²) in [5, 5.41) is 1.25. The van der Waals surface area contributed by atoms with E-state index in [2.05, 4.69) is 55.1 Å². The van der Waals surface area contributed by atoms with E-state index in [9.17, 15) is 4.79 Å². The van der Waals surface area contributed by atoms with Gasteiger partial charge < -0.3 is 14.2 Å². The summed E-state index contributed by atoms with van der Waals surface area (Å²) in [4.78, 5) is 14.1. The number of rotatable bonds is 1. The molecule has 1 aliphatic heterocycles. The van der Waals surface area contributed by atoms with Crippen LogP contribution in [0.4, 0.5) is 4.79 Å². The number of aryl methyl sites for hydroxylation is 1. The number of nitrogens with zero attached hydrogens (tertiary/aromatic N) is 2. The van der Waals surface area contributed by atoms with E-state index in [1.807, 2.05) is 20.8 Å². The van der Waals surface area contributed by atoms with Gasteiger partial charge in [0.2, 0.25) is 0 Å². The van der Waals surface area contributed by atoms with Crippen LogP contribution in [0.15, 0.2) is 36.5 Å². The minimum atomic E-state index is -0.460. The molecule has 0 saturated heterocycles. The third-order valence-corrected chi connectivity index (χ3v) is 4.47. The summed E-state index contributed by atoms with van der Waals surface area (Å²) in [5.41, 5.74) is 3.30. The molecule has 0 saturated carbocycles. The molecule has 128 valence electrons. The van der Waals surface area contributed by atoms with Gasteiger partial charge >= 0.3 is 6.09 Å². The average Bonchev–Trinajstić information content (AvgIpc) is 2.86. The summed E-state index contributed by atoms with van der Waals surface area (Å²) in [6, 6.07) is 8.82. The summed E-state index contributed by atoms with van der Waals surface area (Å²) < 4.78 is 7.64. The Kier molecular flexibility index (Phi) is 4.16. The molecule has 0 unspecified atom stereocenters. The van der Waals surface area contributed by atoms with Crippen molar-refractivity contribution >= 4 is 22.6 Å². The van der Waals surface area contributed by atoms with Crippen molar-refractivity contribution in [2.75, 3.05) is 6.54 Å². The number of benzene rings is 1. The zero-order valence-electron chi connectivity index (χ0n) is 15.2. The lowest BCUT2D eigenvalue weighted by molar-refractivity contribution is 0.0199. The summed E-state index contributed by atoms with van der Waals surface area (Å²) >= 11 is 0. The SMILES string of the molecule is C[C@H]1CC(c2ccc3ccn(C)c3c2)=CCN1C(=O)OC(C)(C)C. The van der Waals surface area contributed by atoms with Crippen LogP contribution in [-0.4, -0.2) is 33.7 Å². The number of hydrogen-bond acceptors (Lipinski definition) is 2. The molecule has 1 aliphatic rings. The van der Waals surface area contributed by atoms with Crippen LogP contribution in [0.5, 0.6) is 0 Å². The smallest absolute Gasteiger partial charge is 0.410 e. The van der Waals surface area contributed by atoms with Gasteiger partial charge in [0.25, 0.3) is 0 Å². The molecule has 0 aliphatic carbocycles. The molecular formula is C20H26N2O2. The maximum Gasteiger partial charge on any atom is 0.410 e. The Morgan fingerprint density at radius 1 is 1.25 bits per heavy atom. The molecule has 1 aromatic carbocycles. The van der Waals surface area contributed by atoms with E-state index in [0.717, 1.165) is 6.42 Å². The topological polar surface area (TPSA) is 34.5 Å². The molecule has 0 radical (unpaired) electrons. The van der Waals surface area contributed by atoms with Crippen LogP contribution in [0.1, 0.15) is 39.7 Å². The van der Waals surface area contributed by atoms with Gasteiger partial charge in [-0.2, -0.15) is 0 Å². The summed E-state index contributed by atoms with van der Waals surface area (Å²) in [6.07, 6.45) is 4.84. The van der Waals surface area contributed by atoms with Gasteiger partial charge in [0.05, 0.1) is 0 Å². The molecule has 1 atom stereocenters. The Morgan fingerprint density at radius 3 is 2.67 bits per heavy atom. The number of aromatic nitrogens is 1. The van der Waals surface area contributed by atoms with Crippen molar-refractivity contribution in [1.29, 1.82) is 0 Å². The molecule has 4 heteroatoms. The molecule has 2 aromatic rings. The highest BCUT2D eigenvalue weighted by Crippen LogP contribution is 2.29. The Morgan fingerprint density at radius 2 is 2.00 bits per heavy atom. The van der Waals surface area contributed by atoms with Crippen LogP contribution < -0.4 is 0 Å². The van der Waals surface area contributed by atoms with E-state index in [1.165, 1.54) is 22.0 Å². The number of hydrogen-bond donors (Lipinski definition) is 0. The zero-order valence-corrected chi connectivity index (χ0v) is 15.2. The fraction of sp³-hybridized carbons (Fsp3) is 0.450. The highest BCUT2D eigenvalue weighted by atomic mass is 16.6. The normalized spacial score (nSPS) is 18.6. The van der Waals surface area contributed by atoms with Crippen molar-refractivity contribution in [1.82, 2.24) is 9.47 Å². The van der Waals surface area contributed by atoms with Gasteiger partial charge in [-0.15, -0.1) is 0 Å². The molecule has 1 amide bonds. The molecule has 2 heterocycles. The molecular weight excluding hydrogens is 300 g/mol. The van der Waals surface area contributed by atoms with Crippen molar-refractivity contribution in [3.05, 3.63) is 42.1 Å². The Bertz CT molecular complexity index is 796. The largest absolute Gasteiger partial charge is 0.444 e. The maximum absolute atomic E-state index is 12.3. The van der Waals surface area contributed by atoms with Crippen LogP contribution in [0.3, 0.4) is 0 Å². The predicted octanol–water partition coefficient (Wildman–Crippen LogP) is 4.59. The monoisotopic (exact) mass is 326 g/mol. The Labute approximate surface area is 143 Å². The molecule has 3 rings (SSSR count). The van der Waals surface area contributed by atoms with E-state index in [1.54, 1.807) is 4.90 Å². The van der Waals surface area contributed by atoms with Gasteiger partial charge in [-0.25, -0.2) is 4.79 Å². The lowest BCUT2D eigenvalue weighted by Crippen LogP contribution is -2.44. The second-order valence-electron chi connectivity index (χ2n) is 7.62. The summed E-state index contributed by atoms with van der Waals surface area (Å²) in [6.45, 7) is 8.37. The lowest BCUT2D eigenvalue weighted by Gasteiger charge is -2.34. The molecule has 4 nitrogen and oxygen atoms in total. The van der Waals surface area contributed by atoms with Crippen LogP contribution in [0.25, 0.3) is 16.5 Å². The second-order valence-corrected chi connectivity index (χ2v) is 7.62. The maximum atomic E-state index is 12.3. The van der Waals surface area contributed by atoms with Gasteiger partial charge in [0, 0.05) is 31.3 Å². The molecule has 1 aromatic heterocycles. The quantitative estimate of drug-likeness (QED) is 0.768. The van der Waals surface area contributed by atoms with E-state index < -0.39 is 5.60 Å². The third kappa shape index (κ3) is 3.32. The molecule has 0 bridgehead atoms. The first-order valence-electron chi connectivity index (χ1n) is 8.49. The first-order valence-corrected chi connectivity index (χ1v) is 8.49. The minimum Gasteiger partial charge on any atom is -0.444 e. The van der Waals surface area contributed by atoms with Crippen molar-refractivity contribution in [3.63, 3.8) is 0 Å². The fourth-order valence-corrected chi connectivity index (χ4v) is 3.17. The zero-order chi connectivity index (χ0) is 17.5. The van der Waals surface area contributed by atoms with Gasteiger partial charge in [0.1, 0.15) is 5.60 Å². The van der Waals surface area contributed by atoms with Crippen LogP contribution in [0, 0.1) is 0 Å². The predicted molar refractivity (Wildman–Crippen MR) is 97.9 cm³/mol. The van der Waals surface area contributed by atoms with Crippen molar-refractivity contribution < 1.29 is 9.53 Å². The number of carbonyl (C=O) groups excluding carboxylic acids is 1. The van der Waals surface area contributed by atoms with Gasteiger partial charge in [-0.1, -0.05) is 18.2 Å². The lowest BCUT2D eigenvalue weighted by atomic mass is 9.94. The average molecular weight is 326 g/mol. The fourth-order valence-electron chi connectivity index (χ4n) is 3.17. The van der Waals surface area contributed by atoms with E-state index in [4.69, 9.17) is 4.74 Å². The highest BCUT2D eigenvalue weighted by Gasteiger charge is 2.28. The summed E-state index contributed by atoms with van der Waals surface area (Å²) in [7, 11) is 2.06. The van der Waals surface area contributed by atoms with Crippen LogP contribution >= 0.6 is 0 Å². The van der Waals surface area contributed by atoms with Crippen molar-refractivity contribution in [2.45, 2.75) is 45.8 Å². The number of carbonyl (C=O) groups is 1. The Hall–Kier alpha value is -2.23. The molecule has 0 N–H and O–H groups in total. The third-order valence-electron chi connectivity index (χ3n) is 4.47. The second kappa shape index (κ2) is 6.00. The number of ether oxygens (including phenoxy) is 1. The van der Waals surface area contributed by atoms with Gasteiger partial charge in [-0.05, 0) is 62.8 Å². The Balaban J connectivity index is 1.81. The number of amides is 1. The van der Waals surface area contributed by atoms with E-state index in [-0.39, 0.29) is 12.1 Å². The van der Waals surface area contributed by atoms with Gasteiger partial charge in [0.15, 0.2) is 0 Å². The molecule has 24 heavy (non-hydrogen) atoms. The van der Waals surface area contributed by atoms with Crippen molar-refractivity contribution in [2.24, 2.45) is 7.05 Å².